The van der Waals surface area contributed by atoms with E-state index in [1.54, 1.807) is 30.3 Å². The summed E-state index contributed by atoms with van der Waals surface area (Å²) in [5.74, 6) is 0.486. The van der Waals surface area contributed by atoms with Crippen molar-refractivity contribution in [3.8, 4) is 0 Å². The number of nitrogens with zero attached hydrogens (tertiary/aromatic N) is 2. The molecule has 1 aliphatic carbocycles. The predicted molar refractivity (Wildman–Crippen MR) is 125 cm³/mol. The molecule has 0 unspecified atom stereocenters. The van der Waals surface area contributed by atoms with Crippen LogP contribution in [0.25, 0.3) is 5.65 Å². The van der Waals surface area contributed by atoms with E-state index < -0.39 is 11.9 Å². The number of aromatic nitrogens is 2. The molecule has 1 aromatic carbocycles. The Morgan fingerprint density at radius 2 is 1.64 bits per heavy atom. The molecule has 33 heavy (non-hydrogen) atoms. The molecule has 1 fully saturated rings. The predicted octanol–water partition coefficient (Wildman–Crippen LogP) is 5.57. The number of imidazole rings is 1. The molecule has 9 heteroatoms. The van der Waals surface area contributed by atoms with Gasteiger partial charge in [-0.25, -0.2) is 4.98 Å². The highest BCUT2D eigenvalue weighted by atomic mass is 19.4. The maximum Gasteiger partial charge on any atom is 0.434 e. The zero-order chi connectivity index (χ0) is 24.0. The minimum absolute atomic E-state index is 0.0791. The molecule has 4 rings (SSSR count). The fourth-order valence-corrected chi connectivity index (χ4v) is 3.91. The number of amides is 1. The zero-order valence-corrected chi connectivity index (χ0v) is 19.0. The van der Waals surface area contributed by atoms with Gasteiger partial charge >= 0.3 is 6.18 Å². The van der Waals surface area contributed by atoms with Gasteiger partial charge in [0.15, 0.2) is 5.69 Å². The number of halogens is 3. The number of pyridine rings is 1. The number of benzene rings is 1. The summed E-state index contributed by atoms with van der Waals surface area (Å²) < 4.78 is 40.4. The fourth-order valence-electron chi connectivity index (χ4n) is 3.91. The number of anilines is 2. The van der Waals surface area contributed by atoms with Gasteiger partial charge in [0.2, 0.25) is 0 Å². The molecule has 3 aromatic rings. The smallest absolute Gasteiger partial charge is 0.388 e. The second-order valence-corrected chi connectivity index (χ2v) is 7.76. The first-order chi connectivity index (χ1) is 15.8. The summed E-state index contributed by atoms with van der Waals surface area (Å²) >= 11 is 0. The molecule has 178 valence electrons. The highest BCUT2D eigenvalue weighted by Crippen LogP contribution is 2.30. The first-order valence-electron chi connectivity index (χ1n) is 11.2. The molecule has 0 aliphatic heterocycles. The summed E-state index contributed by atoms with van der Waals surface area (Å²) in [6.45, 7) is 4.00. The van der Waals surface area contributed by atoms with Crippen LogP contribution in [-0.2, 0) is 6.18 Å². The Morgan fingerprint density at radius 3 is 2.24 bits per heavy atom. The Balaban J connectivity index is 0.00000149. The molecule has 0 bridgehead atoms. The molecule has 2 heterocycles. The molecular formula is C24H30F3N5O. The highest BCUT2D eigenvalue weighted by Gasteiger charge is 2.34. The molecule has 1 amide bonds. The summed E-state index contributed by atoms with van der Waals surface area (Å²) in [5.41, 5.74) is 0.906. The van der Waals surface area contributed by atoms with Gasteiger partial charge in [-0.05, 0) is 62.1 Å². The van der Waals surface area contributed by atoms with Crippen LogP contribution in [0.4, 0.5) is 24.7 Å². The van der Waals surface area contributed by atoms with E-state index in [4.69, 9.17) is 0 Å². The summed E-state index contributed by atoms with van der Waals surface area (Å²) in [4.78, 5) is 16.1. The lowest BCUT2D eigenvalue weighted by atomic mass is 9.91. The Morgan fingerprint density at radius 1 is 1.00 bits per heavy atom. The molecule has 3 N–H and O–H groups in total. The van der Waals surface area contributed by atoms with Gasteiger partial charge in [0, 0.05) is 36.6 Å². The van der Waals surface area contributed by atoms with E-state index in [1.807, 2.05) is 33.0 Å². The van der Waals surface area contributed by atoms with Crippen molar-refractivity contribution in [3.05, 3.63) is 59.9 Å². The Labute approximate surface area is 191 Å². The van der Waals surface area contributed by atoms with E-state index in [0.29, 0.717) is 11.4 Å². The van der Waals surface area contributed by atoms with Crippen LogP contribution >= 0.6 is 0 Å². The number of hydrogen-bond acceptors (Lipinski definition) is 4. The summed E-state index contributed by atoms with van der Waals surface area (Å²) in [7, 11) is 1.82. The second-order valence-electron chi connectivity index (χ2n) is 7.76. The standard InChI is InChI=1S/C22H24F3N5O.C2H6/c1-26-15-7-5-14(6-8-15)21(31)28-17-11-9-16(10-12-17)27-19-3-2-4-20-29-18(13-30(19)20)22(23,24)25;1-2/h2-8,13,16-17,26-27H,9-12H2,1H3,(H,28,31);1-2H3. The molecule has 0 atom stereocenters. The van der Waals surface area contributed by atoms with Crippen molar-refractivity contribution < 1.29 is 18.0 Å². The van der Waals surface area contributed by atoms with Crippen molar-refractivity contribution in [1.29, 1.82) is 0 Å². The monoisotopic (exact) mass is 461 g/mol. The van der Waals surface area contributed by atoms with Gasteiger partial charge in [0.05, 0.1) is 0 Å². The average molecular weight is 462 g/mol. The third-order valence-electron chi connectivity index (χ3n) is 5.63. The Kier molecular flexibility index (Phi) is 7.84. The number of hydrogen-bond donors (Lipinski definition) is 3. The Hall–Kier alpha value is -3.23. The first kappa shape index (κ1) is 24.4. The first-order valence-corrected chi connectivity index (χ1v) is 11.2. The second kappa shape index (κ2) is 10.6. The van der Waals surface area contributed by atoms with Crippen LogP contribution in [-0.4, -0.2) is 34.4 Å². The average Bonchev–Trinajstić information content (AvgIpc) is 3.28. The fraction of sp³-hybridized carbons (Fsp3) is 0.417. The van der Waals surface area contributed by atoms with E-state index in [0.717, 1.165) is 37.6 Å². The van der Waals surface area contributed by atoms with Crippen molar-refractivity contribution >= 4 is 23.1 Å². The van der Waals surface area contributed by atoms with Gasteiger partial charge in [-0.15, -0.1) is 0 Å². The third-order valence-corrected chi connectivity index (χ3v) is 5.63. The number of carbonyl (C=O) groups excluding carboxylic acids is 1. The molecular weight excluding hydrogens is 431 g/mol. The lowest BCUT2D eigenvalue weighted by molar-refractivity contribution is -0.140. The number of alkyl halides is 3. The van der Waals surface area contributed by atoms with Crippen molar-refractivity contribution in [3.63, 3.8) is 0 Å². The van der Waals surface area contributed by atoms with Crippen LogP contribution in [0.3, 0.4) is 0 Å². The van der Waals surface area contributed by atoms with Gasteiger partial charge in [-0.2, -0.15) is 13.2 Å². The van der Waals surface area contributed by atoms with E-state index in [2.05, 4.69) is 20.9 Å². The molecule has 1 saturated carbocycles. The minimum atomic E-state index is -4.48. The van der Waals surface area contributed by atoms with Gasteiger partial charge in [-0.1, -0.05) is 19.9 Å². The molecule has 1 aliphatic rings. The number of rotatable bonds is 5. The molecule has 6 nitrogen and oxygen atoms in total. The highest BCUT2D eigenvalue weighted by molar-refractivity contribution is 5.94. The number of fused-ring (bicyclic) bond motifs is 1. The summed E-state index contributed by atoms with van der Waals surface area (Å²) in [6, 6.07) is 12.5. The van der Waals surface area contributed by atoms with Gasteiger partial charge in [-0.3, -0.25) is 9.20 Å². The maximum absolute atomic E-state index is 13.0. The van der Waals surface area contributed by atoms with Crippen LogP contribution in [0, 0.1) is 0 Å². The van der Waals surface area contributed by atoms with Gasteiger partial charge in [0.25, 0.3) is 5.91 Å². The number of nitrogens with one attached hydrogen (secondary N) is 3. The third kappa shape index (κ3) is 5.97. The SMILES string of the molecule is CC.CNc1ccc(C(=O)NC2CCC(Nc3cccc4nc(C(F)(F)F)cn34)CC2)cc1. The summed E-state index contributed by atoms with van der Waals surface area (Å²) in [5, 5.41) is 9.44. The lowest BCUT2D eigenvalue weighted by Gasteiger charge is -2.30. The van der Waals surface area contributed by atoms with E-state index in [-0.39, 0.29) is 23.6 Å². The summed E-state index contributed by atoms with van der Waals surface area (Å²) in [6.07, 6.45) is -0.255. The maximum atomic E-state index is 13.0. The molecule has 2 aromatic heterocycles. The van der Waals surface area contributed by atoms with Crippen molar-refractivity contribution in [2.75, 3.05) is 17.7 Å². The van der Waals surface area contributed by atoms with Crippen molar-refractivity contribution in [1.82, 2.24) is 14.7 Å². The molecule has 0 spiro atoms. The van der Waals surface area contributed by atoms with E-state index >= 15 is 0 Å². The van der Waals surface area contributed by atoms with Crippen LogP contribution < -0.4 is 16.0 Å². The van der Waals surface area contributed by atoms with Crippen LogP contribution in [0.15, 0.2) is 48.7 Å². The van der Waals surface area contributed by atoms with E-state index in [1.165, 1.54) is 4.40 Å². The zero-order valence-electron chi connectivity index (χ0n) is 19.0. The normalized spacial score (nSPS) is 18.2. The lowest BCUT2D eigenvalue weighted by Crippen LogP contribution is -2.40. The van der Waals surface area contributed by atoms with Crippen LogP contribution in [0.1, 0.15) is 55.6 Å². The van der Waals surface area contributed by atoms with Gasteiger partial charge < -0.3 is 16.0 Å². The van der Waals surface area contributed by atoms with Crippen LogP contribution in [0.2, 0.25) is 0 Å². The number of carbonyl (C=O) groups is 1. The van der Waals surface area contributed by atoms with Crippen molar-refractivity contribution in [2.45, 2.75) is 57.8 Å². The van der Waals surface area contributed by atoms with Gasteiger partial charge in [0.1, 0.15) is 11.5 Å². The van der Waals surface area contributed by atoms with E-state index in [9.17, 15) is 18.0 Å². The van der Waals surface area contributed by atoms with Crippen LogP contribution in [0.5, 0.6) is 0 Å². The largest absolute Gasteiger partial charge is 0.434 e. The quantitative estimate of drug-likeness (QED) is 0.464. The topological polar surface area (TPSA) is 70.5 Å². The molecule has 0 saturated heterocycles. The molecule has 0 radical (unpaired) electrons. The van der Waals surface area contributed by atoms with Crippen molar-refractivity contribution in [2.24, 2.45) is 0 Å². The Bertz CT molecular complexity index is 1050. The minimum Gasteiger partial charge on any atom is -0.388 e.